The smallest absolute Gasteiger partial charge is 0.258 e. The third-order valence-electron chi connectivity index (χ3n) is 3.53. The van der Waals surface area contributed by atoms with Gasteiger partial charge in [0.05, 0.1) is 0 Å². The largest absolute Gasteiger partial charge is 0.310 e. The molecule has 1 amide bonds. The number of hydrogen-bond acceptors (Lipinski definition) is 4. The lowest BCUT2D eigenvalue weighted by atomic mass is 10.2. The van der Waals surface area contributed by atoms with Gasteiger partial charge in [-0.05, 0) is 48.7 Å². The Morgan fingerprint density at radius 1 is 1.26 bits per heavy atom. The molecule has 0 spiro atoms. The number of carbonyl (C=O) groups excluding carboxylic acids is 1. The van der Waals surface area contributed by atoms with Crippen LogP contribution in [0.15, 0.2) is 52.9 Å². The highest BCUT2D eigenvalue weighted by molar-refractivity contribution is 7.98. The predicted molar refractivity (Wildman–Crippen MR) is 97.3 cm³/mol. The molecule has 23 heavy (non-hydrogen) atoms. The van der Waals surface area contributed by atoms with E-state index in [4.69, 9.17) is 11.6 Å². The quantitative estimate of drug-likeness (QED) is 0.839. The summed E-state index contributed by atoms with van der Waals surface area (Å²) < 4.78 is 4.41. The van der Waals surface area contributed by atoms with E-state index in [1.807, 2.05) is 36.1 Å². The molecule has 1 aliphatic heterocycles. The Hall–Kier alpha value is -1.98. The number of anilines is 1. The second kappa shape index (κ2) is 7.06. The van der Waals surface area contributed by atoms with Gasteiger partial charge in [-0.25, -0.2) is 0 Å². The van der Waals surface area contributed by atoms with Crippen molar-refractivity contribution >= 4 is 41.1 Å². The number of aryl methyl sites for hydroxylation is 1. The molecule has 0 fully saturated rings. The summed E-state index contributed by atoms with van der Waals surface area (Å²) in [5.41, 5.74) is 2.71. The van der Waals surface area contributed by atoms with Crippen LogP contribution < -0.4 is 10.2 Å². The van der Waals surface area contributed by atoms with Crippen LogP contribution in [0, 0.1) is 6.92 Å². The minimum Gasteiger partial charge on any atom is -0.310 e. The maximum atomic E-state index is 12.4. The van der Waals surface area contributed by atoms with Gasteiger partial charge in [-0.2, -0.15) is 4.40 Å². The zero-order valence-corrected chi connectivity index (χ0v) is 14.2. The van der Waals surface area contributed by atoms with Gasteiger partial charge in [0.25, 0.3) is 5.91 Å². The average molecular weight is 346 g/mol. The predicted octanol–water partition coefficient (Wildman–Crippen LogP) is 3.90. The van der Waals surface area contributed by atoms with Gasteiger partial charge >= 0.3 is 0 Å². The Bertz CT molecular complexity index is 763. The van der Waals surface area contributed by atoms with Crippen LogP contribution in [0.5, 0.6) is 0 Å². The summed E-state index contributed by atoms with van der Waals surface area (Å²) >= 11 is 7.41. The minimum atomic E-state index is -0.215. The Balaban J connectivity index is 1.84. The molecule has 2 aromatic carbocycles. The first-order chi connectivity index (χ1) is 11.1. The van der Waals surface area contributed by atoms with Gasteiger partial charge in [-0.15, -0.1) is 0 Å². The summed E-state index contributed by atoms with van der Waals surface area (Å²) in [4.78, 5) is 14.5. The monoisotopic (exact) mass is 345 g/mol. The molecule has 0 bridgehead atoms. The van der Waals surface area contributed by atoms with Crippen LogP contribution in [-0.4, -0.2) is 24.2 Å². The number of hydrogen-bond donors (Lipinski definition) is 1. The Morgan fingerprint density at radius 2 is 2.09 bits per heavy atom. The normalized spacial score (nSPS) is 14.3. The van der Waals surface area contributed by atoms with Gasteiger partial charge < -0.3 is 4.90 Å². The third kappa shape index (κ3) is 3.68. The van der Waals surface area contributed by atoms with Gasteiger partial charge in [0.1, 0.15) is 0 Å². The molecule has 0 atom stereocenters. The molecule has 0 unspecified atom stereocenters. The molecule has 0 radical (unpaired) electrons. The summed E-state index contributed by atoms with van der Waals surface area (Å²) in [6.45, 7) is 2.84. The van der Waals surface area contributed by atoms with E-state index in [0.717, 1.165) is 23.5 Å². The molecular formula is C17H16ClN3OS. The number of rotatable bonds is 2. The molecule has 2 aromatic rings. The van der Waals surface area contributed by atoms with E-state index in [0.29, 0.717) is 16.5 Å². The second-order valence-electron chi connectivity index (χ2n) is 5.15. The van der Waals surface area contributed by atoms with Crippen molar-refractivity contribution in [2.45, 2.75) is 6.92 Å². The van der Waals surface area contributed by atoms with E-state index < -0.39 is 0 Å². The van der Waals surface area contributed by atoms with E-state index >= 15 is 0 Å². The molecule has 0 aliphatic carbocycles. The molecule has 0 saturated carbocycles. The Kier molecular flexibility index (Phi) is 4.88. The van der Waals surface area contributed by atoms with E-state index in [1.165, 1.54) is 11.9 Å². The lowest BCUT2D eigenvalue weighted by Gasteiger charge is -2.29. The summed E-state index contributed by atoms with van der Waals surface area (Å²) in [7, 11) is 0. The minimum absolute atomic E-state index is 0.215. The van der Waals surface area contributed by atoms with E-state index in [1.54, 1.807) is 24.3 Å². The number of halogens is 1. The van der Waals surface area contributed by atoms with Crippen LogP contribution >= 0.6 is 23.5 Å². The molecule has 0 aromatic heterocycles. The number of para-hydroxylation sites is 1. The highest BCUT2D eigenvalue weighted by Crippen LogP contribution is 2.23. The number of benzene rings is 2. The summed E-state index contributed by atoms with van der Waals surface area (Å²) in [6.07, 6.45) is 0. The van der Waals surface area contributed by atoms with Crippen molar-refractivity contribution in [3.8, 4) is 0 Å². The summed E-state index contributed by atoms with van der Waals surface area (Å²) in [5, 5.41) is 3.43. The van der Waals surface area contributed by atoms with Crippen molar-refractivity contribution in [3.05, 3.63) is 64.7 Å². The van der Waals surface area contributed by atoms with Crippen molar-refractivity contribution in [1.29, 1.82) is 0 Å². The Morgan fingerprint density at radius 3 is 2.87 bits per heavy atom. The van der Waals surface area contributed by atoms with Gasteiger partial charge in [0.15, 0.2) is 0 Å². The van der Waals surface area contributed by atoms with Gasteiger partial charge in [-0.3, -0.25) is 10.1 Å². The first-order valence-electron chi connectivity index (χ1n) is 7.25. The zero-order chi connectivity index (χ0) is 16.2. The fourth-order valence-corrected chi connectivity index (χ4v) is 3.20. The van der Waals surface area contributed by atoms with Crippen LogP contribution in [-0.2, 0) is 0 Å². The molecule has 1 aliphatic rings. The van der Waals surface area contributed by atoms with Gasteiger partial charge in [-0.1, -0.05) is 35.9 Å². The molecule has 0 saturated heterocycles. The molecule has 3 rings (SSSR count). The standard InChI is InChI=1S/C17H16ClN3OS/c1-12-5-2-3-8-15(12)21-9-10-23-20-17(21)19-16(22)13-6-4-7-14(18)11-13/h2-8,11H,9-10H2,1H3,(H,19,20,22). The van der Waals surface area contributed by atoms with Crippen molar-refractivity contribution in [2.75, 3.05) is 17.2 Å². The summed E-state index contributed by atoms with van der Waals surface area (Å²) in [5.74, 6) is 1.22. The maximum absolute atomic E-state index is 12.4. The number of amides is 1. The fraction of sp³-hybridized carbons (Fsp3) is 0.176. The van der Waals surface area contributed by atoms with Crippen molar-refractivity contribution in [1.82, 2.24) is 5.32 Å². The number of nitrogens with one attached hydrogen (secondary N) is 1. The average Bonchev–Trinajstić information content (AvgIpc) is 2.56. The number of nitrogens with zero attached hydrogens (tertiary/aromatic N) is 2. The van der Waals surface area contributed by atoms with E-state index in [9.17, 15) is 4.79 Å². The summed E-state index contributed by atoms with van der Waals surface area (Å²) in [6, 6.07) is 14.9. The third-order valence-corrected chi connectivity index (χ3v) is 4.43. The molecule has 6 heteroatoms. The SMILES string of the molecule is Cc1ccccc1N1CCSN=C1NC(=O)c1cccc(Cl)c1. The van der Waals surface area contributed by atoms with Crippen molar-refractivity contribution in [3.63, 3.8) is 0 Å². The van der Waals surface area contributed by atoms with Gasteiger partial charge in [0, 0.05) is 28.6 Å². The highest BCUT2D eigenvalue weighted by atomic mass is 35.5. The lowest BCUT2D eigenvalue weighted by Crippen LogP contribution is -2.47. The first-order valence-corrected chi connectivity index (χ1v) is 8.57. The highest BCUT2D eigenvalue weighted by Gasteiger charge is 2.21. The molecule has 1 heterocycles. The molecule has 4 nitrogen and oxygen atoms in total. The Labute approximate surface area is 144 Å². The fourth-order valence-electron chi connectivity index (χ4n) is 2.39. The maximum Gasteiger partial charge on any atom is 0.258 e. The topological polar surface area (TPSA) is 44.7 Å². The zero-order valence-electron chi connectivity index (χ0n) is 12.6. The molecule has 1 N–H and O–H groups in total. The molecule has 118 valence electrons. The first kappa shape index (κ1) is 15.9. The van der Waals surface area contributed by atoms with Gasteiger partial charge in [0.2, 0.25) is 5.96 Å². The van der Waals surface area contributed by atoms with Crippen LogP contribution in [0.25, 0.3) is 0 Å². The van der Waals surface area contributed by atoms with E-state index in [2.05, 4.69) is 9.71 Å². The van der Waals surface area contributed by atoms with Crippen LogP contribution in [0.3, 0.4) is 0 Å². The van der Waals surface area contributed by atoms with Crippen LogP contribution in [0.4, 0.5) is 5.69 Å². The molecular weight excluding hydrogens is 330 g/mol. The van der Waals surface area contributed by atoms with Crippen molar-refractivity contribution < 1.29 is 4.79 Å². The van der Waals surface area contributed by atoms with Crippen molar-refractivity contribution in [2.24, 2.45) is 4.40 Å². The number of guanidine groups is 1. The van der Waals surface area contributed by atoms with E-state index in [-0.39, 0.29) is 5.91 Å². The second-order valence-corrected chi connectivity index (χ2v) is 6.44. The lowest BCUT2D eigenvalue weighted by molar-refractivity contribution is 0.0976. The number of carbonyl (C=O) groups is 1. The van der Waals surface area contributed by atoms with Crippen LogP contribution in [0.1, 0.15) is 15.9 Å². The van der Waals surface area contributed by atoms with Crippen LogP contribution in [0.2, 0.25) is 5.02 Å².